The number of aryl methyl sites for hydroxylation is 1. The number of hydrogen-bond donors (Lipinski definition) is 1. The molecular weight excluding hydrogens is 334 g/mol. The van der Waals surface area contributed by atoms with Crippen molar-refractivity contribution in [3.63, 3.8) is 0 Å². The van der Waals surface area contributed by atoms with E-state index in [0.717, 1.165) is 30.6 Å². The van der Waals surface area contributed by atoms with E-state index in [4.69, 9.17) is 0 Å². The minimum atomic E-state index is 0.0292. The van der Waals surface area contributed by atoms with Crippen molar-refractivity contribution in [1.82, 2.24) is 5.32 Å². The van der Waals surface area contributed by atoms with Crippen LogP contribution in [0.4, 0.5) is 16.2 Å². The van der Waals surface area contributed by atoms with Crippen molar-refractivity contribution < 1.29 is 4.79 Å². The number of nitrogens with zero attached hydrogens (tertiary/aromatic N) is 2. The zero-order valence-electron chi connectivity index (χ0n) is 14.4. The molecule has 1 aromatic rings. The van der Waals surface area contributed by atoms with Gasteiger partial charge in [0.1, 0.15) is 5.69 Å². The van der Waals surface area contributed by atoms with E-state index in [-0.39, 0.29) is 6.03 Å². The highest BCUT2D eigenvalue weighted by molar-refractivity contribution is 7.99. The summed E-state index contributed by atoms with van der Waals surface area (Å²) in [7, 11) is 0. The summed E-state index contributed by atoms with van der Waals surface area (Å²) in [4.78, 5) is 25.7. The predicted molar refractivity (Wildman–Crippen MR) is 103 cm³/mol. The van der Waals surface area contributed by atoms with Crippen molar-refractivity contribution in [1.29, 1.82) is 0 Å². The normalized spacial score (nSPS) is 28.6. The molecule has 134 valence electrons. The van der Waals surface area contributed by atoms with Gasteiger partial charge in [-0.15, -0.1) is 4.91 Å². The van der Waals surface area contributed by atoms with Crippen molar-refractivity contribution in [2.45, 2.75) is 44.6 Å². The van der Waals surface area contributed by atoms with Gasteiger partial charge in [0, 0.05) is 18.3 Å². The Labute approximate surface area is 152 Å². The maximum atomic E-state index is 13.0. The number of nitroso groups, excluding NO2 is 1. The van der Waals surface area contributed by atoms with Crippen LogP contribution < -0.4 is 10.2 Å². The van der Waals surface area contributed by atoms with E-state index in [2.05, 4.69) is 10.5 Å². The molecule has 0 aromatic heterocycles. The Bertz CT molecular complexity index is 652. The fraction of sp³-hybridized carbons (Fsp3) is 0.632. The van der Waals surface area contributed by atoms with Gasteiger partial charge in [-0.25, -0.2) is 4.79 Å². The summed E-state index contributed by atoms with van der Waals surface area (Å²) >= 11 is 2.05. The molecule has 2 bridgehead atoms. The molecule has 2 amide bonds. The Morgan fingerprint density at radius 1 is 1.20 bits per heavy atom. The van der Waals surface area contributed by atoms with Gasteiger partial charge in [-0.05, 0) is 84.4 Å². The first kappa shape index (κ1) is 16.9. The smallest absolute Gasteiger partial charge is 0.322 e. The van der Waals surface area contributed by atoms with Crippen LogP contribution in [0.15, 0.2) is 23.4 Å². The highest BCUT2D eigenvalue weighted by atomic mass is 32.2. The molecule has 1 saturated heterocycles. The molecule has 1 N–H and O–H groups in total. The molecule has 6 heteroatoms. The number of urea groups is 1. The number of anilines is 1. The van der Waals surface area contributed by atoms with Gasteiger partial charge in [-0.1, -0.05) is 6.42 Å². The zero-order chi connectivity index (χ0) is 17.2. The van der Waals surface area contributed by atoms with Gasteiger partial charge in [-0.2, -0.15) is 11.8 Å². The van der Waals surface area contributed by atoms with Crippen molar-refractivity contribution in [2.75, 3.05) is 23.0 Å². The minimum Gasteiger partial charge on any atom is -0.334 e. The molecule has 1 aromatic carbocycles. The molecule has 1 aliphatic carbocycles. The Morgan fingerprint density at radius 2 is 2.08 bits per heavy atom. The topological polar surface area (TPSA) is 61.8 Å². The van der Waals surface area contributed by atoms with Crippen LogP contribution in [0.25, 0.3) is 0 Å². The minimum absolute atomic E-state index is 0.0292. The molecule has 1 saturated carbocycles. The van der Waals surface area contributed by atoms with Crippen molar-refractivity contribution >= 4 is 29.2 Å². The number of hydrogen-bond acceptors (Lipinski definition) is 4. The number of carbonyl (C=O) groups excluding carboxylic acids is 1. The Morgan fingerprint density at radius 3 is 2.96 bits per heavy atom. The SMILES string of the molecule is O=Nc1ccc2c(c1)CCCN2C(=O)N[C@@H]1C2CCCC1CSCC2. The first-order valence-corrected chi connectivity index (χ1v) is 10.5. The lowest BCUT2D eigenvalue weighted by Gasteiger charge is -2.39. The monoisotopic (exact) mass is 359 g/mol. The van der Waals surface area contributed by atoms with E-state index >= 15 is 0 Å². The molecule has 4 rings (SSSR count). The summed E-state index contributed by atoms with van der Waals surface area (Å²) in [6, 6.07) is 5.74. The van der Waals surface area contributed by atoms with Crippen LogP contribution in [-0.2, 0) is 6.42 Å². The van der Waals surface area contributed by atoms with Crippen molar-refractivity contribution in [3.8, 4) is 0 Å². The van der Waals surface area contributed by atoms with Crippen LogP contribution in [0.3, 0.4) is 0 Å². The van der Waals surface area contributed by atoms with Crippen molar-refractivity contribution in [3.05, 3.63) is 28.7 Å². The van der Waals surface area contributed by atoms with Gasteiger partial charge < -0.3 is 5.32 Å². The van der Waals surface area contributed by atoms with Crippen LogP contribution in [-0.4, -0.2) is 30.1 Å². The van der Waals surface area contributed by atoms with E-state index in [1.165, 1.54) is 37.2 Å². The number of benzene rings is 1. The van der Waals surface area contributed by atoms with E-state index in [0.29, 0.717) is 23.6 Å². The molecule has 5 nitrogen and oxygen atoms in total. The second-order valence-electron chi connectivity index (χ2n) is 7.45. The number of thioether (sulfide) groups is 1. The number of amides is 2. The number of fused-ring (bicyclic) bond motifs is 3. The average Bonchev–Trinajstić information content (AvgIpc) is 2.75. The first-order chi connectivity index (χ1) is 12.3. The fourth-order valence-corrected chi connectivity index (χ4v) is 5.99. The summed E-state index contributed by atoms with van der Waals surface area (Å²) < 4.78 is 0. The van der Waals surface area contributed by atoms with Crippen LogP contribution in [0.1, 0.15) is 37.7 Å². The maximum Gasteiger partial charge on any atom is 0.322 e. The highest BCUT2D eigenvalue weighted by Crippen LogP contribution is 2.38. The number of nitrogens with one attached hydrogen (secondary N) is 1. The summed E-state index contributed by atoms with van der Waals surface area (Å²) in [5.41, 5.74) is 2.43. The van der Waals surface area contributed by atoms with E-state index in [9.17, 15) is 9.70 Å². The standard InChI is InChI=1S/C19H25N3O2S/c23-19(20-18-13-3-1-4-15(18)12-25-10-8-13)22-9-2-5-14-11-16(21-24)6-7-17(14)22/h6-7,11,13,15,18H,1-5,8-10,12H2,(H,20,23)/t13?,15?,18-/m1/s1. The molecule has 3 atom stereocenters. The van der Waals surface area contributed by atoms with Gasteiger partial charge in [0.2, 0.25) is 0 Å². The molecule has 2 fully saturated rings. The molecule has 2 heterocycles. The number of carbonyl (C=O) groups is 1. The molecule has 25 heavy (non-hydrogen) atoms. The van der Waals surface area contributed by atoms with E-state index in [1.54, 1.807) is 6.07 Å². The van der Waals surface area contributed by atoms with Gasteiger partial charge in [-0.3, -0.25) is 4.90 Å². The Kier molecular flexibility index (Phi) is 4.97. The zero-order valence-corrected chi connectivity index (χ0v) is 15.3. The van der Waals surface area contributed by atoms with Crippen LogP contribution in [0, 0.1) is 16.7 Å². The van der Waals surface area contributed by atoms with E-state index < -0.39 is 0 Å². The lowest BCUT2D eigenvalue weighted by molar-refractivity contribution is 0.191. The second-order valence-corrected chi connectivity index (χ2v) is 8.60. The van der Waals surface area contributed by atoms with Crippen LogP contribution in [0.5, 0.6) is 0 Å². The first-order valence-electron chi connectivity index (χ1n) is 9.38. The summed E-state index contributed by atoms with van der Waals surface area (Å²) in [5, 5.41) is 6.41. The average molecular weight is 359 g/mol. The molecule has 0 spiro atoms. The fourth-order valence-electron chi connectivity index (χ4n) is 4.67. The van der Waals surface area contributed by atoms with Gasteiger partial charge in [0.15, 0.2) is 0 Å². The molecular formula is C19H25N3O2S. The summed E-state index contributed by atoms with van der Waals surface area (Å²) in [6.07, 6.45) is 6.82. The van der Waals surface area contributed by atoms with Gasteiger partial charge in [0.05, 0.1) is 0 Å². The van der Waals surface area contributed by atoms with Crippen LogP contribution >= 0.6 is 11.8 Å². The Balaban J connectivity index is 1.53. The molecule has 2 aliphatic heterocycles. The predicted octanol–water partition coefficient (Wildman–Crippen LogP) is 4.47. The van der Waals surface area contributed by atoms with Crippen molar-refractivity contribution in [2.24, 2.45) is 17.0 Å². The molecule has 0 radical (unpaired) electrons. The van der Waals surface area contributed by atoms with Gasteiger partial charge >= 0.3 is 6.03 Å². The lowest BCUT2D eigenvalue weighted by Crippen LogP contribution is -2.53. The molecule has 3 aliphatic rings. The Hall–Kier alpha value is -1.56. The van der Waals surface area contributed by atoms with E-state index in [1.807, 2.05) is 28.8 Å². The largest absolute Gasteiger partial charge is 0.334 e. The summed E-state index contributed by atoms with van der Waals surface area (Å²) in [6.45, 7) is 0.740. The third kappa shape index (κ3) is 3.41. The molecule has 2 unspecified atom stereocenters. The second kappa shape index (κ2) is 7.36. The van der Waals surface area contributed by atoms with Gasteiger partial charge in [0.25, 0.3) is 0 Å². The van der Waals surface area contributed by atoms with Crippen LogP contribution in [0.2, 0.25) is 0 Å². The quantitative estimate of drug-likeness (QED) is 0.793. The maximum absolute atomic E-state index is 13.0. The third-order valence-corrected chi connectivity index (χ3v) is 7.14. The highest BCUT2D eigenvalue weighted by Gasteiger charge is 2.37. The third-order valence-electron chi connectivity index (χ3n) is 5.95. The lowest BCUT2D eigenvalue weighted by atomic mass is 9.76. The number of rotatable bonds is 2. The summed E-state index contributed by atoms with van der Waals surface area (Å²) in [5.74, 6) is 3.64.